The first-order valence-corrected chi connectivity index (χ1v) is 6.66. The number of benzene rings is 1. The number of fused-ring (bicyclic) bond motifs is 1. The Labute approximate surface area is 117 Å². The summed E-state index contributed by atoms with van der Waals surface area (Å²) in [4.78, 5) is 22.6. The summed E-state index contributed by atoms with van der Waals surface area (Å²) < 4.78 is 10.1. The Bertz CT molecular complexity index is 502. The molecule has 0 radical (unpaired) electrons. The van der Waals surface area contributed by atoms with Crippen molar-refractivity contribution in [1.29, 1.82) is 0 Å². The fraction of sp³-hybridized carbons (Fsp3) is 0.429. The molecule has 2 N–H and O–H groups in total. The molecule has 0 saturated heterocycles. The molecule has 0 fully saturated rings. The van der Waals surface area contributed by atoms with E-state index >= 15 is 0 Å². The number of rotatable bonds is 4. The standard InChI is InChI=1S/C14H18N2O4/c1-2-19-14(18)16-12(17)9-20-11-7-3-5-10-6-4-8-15-13(10)11/h3,5,7,15H,2,4,6,8-9H2,1H3,(H,16,17,18). The Morgan fingerprint density at radius 1 is 1.40 bits per heavy atom. The lowest BCUT2D eigenvalue weighted by molar-refractivity contribution is -0.122. The van der Waals surface area contributed by atoms with Gasteiger partial charge in [-0.25, -0.2) is 4.79 Å². The van der Waals surface area contributed by atoms with E-state index in [4.69, 9.17) is 4.74 Å². The predicted octanol–water partition coefficient (Wildman–Crippen LogP) is 1.70. The third-order valence-electron chi connectivity index (χ3n) is 2.91. The van der Waals surface area contributed by atoms with Gasteiger partial charge in [-0.2, -0.15) is 0 Å². The van der Waals surface area contributed by atoms with Crippen LogP contribution >= 0.6 is 0 Å². The predicted molar refractivity (Wildman–Crippen MR) is 73.9 cm³/mol. The number of alkyl carbamates (subject to hydrolysis) is 1. The summed E-state index contributed by atoms with van der Waals surface area (Å²) in [6, 6.07) is 5.73. The molecule has 20 heavy (non-hydrogen) atoms. The molecular weight excluding hydrogens is 260 g/mol. The van der Waals surface area contributed by atoms with Crippen LogP contribution in [0, 0.1) is 0 Å². The van der Waals surface area contributed by atoms with Gasteiger partial charge < -0.3 is 14.8 Å². The average molecular weight is 278 g/mol. The van der Waals surface area contributed by atoms with Crippen molar-refractivity contribution in [2.24, 2.45) is 0 Å². The van der Waals surface area contributed by atoms with Gasteiger partial charge in [0.05, 0.1) is 12.3 Å². The first-order valence-electron chi connectivity index (χ1n) is 6.66. The van der Waals surface area contributed by atoms with Gasteiger partial charge in [0.15, 0.2) is 6.61 Å². The van der Waals surface area contributed by atoms with Crippen molar-refractivity contribution in [3.63, 3.8) is 0 Å². The van der Waals surface area contributed by atoms with Crippen LogP contribution in [0.25, 0.3) is 0 Å². The SMILES string of the molecule is CCOC(=O)NC(=O)COc1cccc2c1NCCC2. The zero-order chi connectivity index (χ0) is 14.4. The van der Waals surface area contributed by atoms with Crippen LogP contribution in [0.3, 0.4) is 0 Å². The first kappa shape index (κ1) is 14.2. The zero-order valence-electron chi connectivity index (χ0n) is 11.4. The number of anilines is 1. The molecule has 0 aromatic heterocycles. The van der Waals surface area contributed by atoms with Gasteiger partial charge in [0.2, 0.25) is 0 Å². The molecule has 1 aliphatic rings. The zero-order valence-corrected chi connectivity index (χ0v) is 11.4. The quantitative estimate of drug-likeness (QED) is 0.876. The van der Waals surface area contributed by atoms with Gasteiger partial charge in [-0.3, -0.25) is 10.1 Å². The van der Waals surface area contributed by atoms with Crippen molar-refractivity contribution in [2.75, 3.05) is 25.1 Å². The van der Waals surface area contributed by atoms with E-state index in [0.29, 0.717) is 5.75 Å². The van der Waals surface area contributed by atoms with E-state index in [0.717, 1.165) is 25.1 Å². The molecule has 0 aliphatic carbocycles. The van der Waals surface area contributed by atoms with Gasteiger partial charge in [0.1, 0.15) is 5.75 Å². The van der Waals surface area contributed by atoms with Gasteiger partial charge in [0, 0.05) is 6.54 Å². The van der Waals surface area contributed by atoms with E-state index in [1.54, 1.807) is 13.0 Å². The molecule has 1 aromatic rings. The summed E-state index contributed by atoms with van der Waals surface area (Å²) in [5.41, 5.74) is 2.11. The highest BCUT2D eigenvalue weighted by Gasteiger charge is 2.15. The highest BCUT2D eigenvalue weighted by Crippen LogP contribution is 2.31. The number of hydrogen-bond acceptors (Lipinski definition) is 5. The van der Waals surface area contributed by atoms with Crippen LogP contribution in [0.5, 0.6) is 5.75 Å². The van der Waals surface area contributed by atoms with Gasteiger partial charge in [-0.15, -0.1) is 0 Å². The van der Waals surface area contributed by atoms with Crippen molar-refractivity contribution in [3.8, 4) is 5.75 Å². The van der Waals surface area contributed by atoms with Gasteiger partial charge in [0.25, 0.3) is 5.91 Å². The Kier molecular flexibility index (Phi) is 4.81. The number of carbonyl (C=O) groups is 2. The van der Waals surface area contributed by atoms with Crippen LogP contribution in [0.1, 0.15) is 18.9 Å². The summed E-state index contributed by atoms with van der Waals surface area (Å²) >= 11 is 0. The lowest BCUT2D eigenvalue weighted by atomic mass is 10.0. The van der Waals surface area contributed by atoms with Gasteiger partial charge in [-0.05, 0) is 31.4 Å². The third kappa shape index (κ3) is 3.63. The number of amides is 2. The Morgan fingerprint density at radius 2 is 2.25 bits per heavy atom. The molecule has 1 aromatic carbocycles. The average Bonchev–Trinajstić information content (AvgIpc) is 2.45. The van der Waals surface area contributed by atoms with Crippen molar-refractivity contribution < 1.29 is 19.1 Å². The van der Waals surface area contributed by atoms with Crippen LogP contribution < -0.4 is 15.4 Å². The van der Waals surface area contributed by atoms with E-state index in [1.165, 1.54) is 5.56 Å². The van der Waals surface area contributed by atoms with E-state index in [2.05, 4.69) is 15.4 Å². The largest absolute Gasteiger partial charge is 0.482 e. The summed E-state index contributed by atoms with van der Waals surface area (Å²) in [7, 11) is 0. The minimum atomic E-state index is -0.755. The molecule has 1 aliphatic heterocycles. The fourth-order valence-corrected chi connectivity index (χ4v) is 2.06. The summed E-state index contributed by atoms with van der Waals surface area (Å²) in [6.07, 6.45) is 1.32. The minimum Gasteiger partial charge on any atom is -0.482 e. The highest BCUT2D eigenvalue weighted by molar-refractivity contribution is 5.92. The number of ether oxygens (including phenoxy) is 2. The Morgan fingerprint density at radius 3 is 3.05 bits per heavy atom. The number of carbonyl (C=O) groups excluding carboxylic acids is 2. The molecule has 108 valence electrons. The van der Waals surface area contributed by atoms with Crippen molar-refractivity contribution in [3.05, 3.63) is 23.8 Å². The molecule has 0 atom stereocenters. The first-order chi connectivity index (χ1) is 9.70. The number of imide groups is 1. The maximum Gasteiger partial charge on any atom is 0.413 e. The van der Waals surface area contributed by atoms with E-state index < -0.39 is 12.0 Å². The highest BCUT2D eigenvalue weighted by atomic mass is 16.5. The summed E-state index contributed by atoms with van der Waals surface area (Å²) in [5.74, 6) is 0.0954. The Balaban J connectivity index is 1.91. The van der Waals surface area contributed by atoms with Crippen molar-refractivity contribution in [2.45, 2.75) is 19.8 Å². The van der Waals surface area contributed by atoms with Gasteiger partial charge in [-0.1, -0.05) is 12.1 Å². The molecule has 0 unspecified atom stereocenters. The maximum absolute atomic E-state index is 11.5. The number of para-hydroxylation sites is 1. The van der Waals surface area contributed by atoms with Crippen LogP contribution in [0.2, 0.25) is 0 Å². The number of hydrogen-bond donors (Lipinski definition) is 2. The molecular formula is C14H18N2O4. The van der Waals surface area contributed by atoms with Crippen LogP contribution in [-0.2, 0) is 16.0 Å². The second-order valence-electron chi connectivity index (χ2n) is 4.38. The lowest BCUT2D eigenvalue weighted by Crippen LogP contribution is -2.34. The normalized spacial score (nSPS) is 12.8. The van der Waals surface area contributed by atoms with E-state index in [1.807, 2.05) is 12.1 Å². The van der Waals surface area contributed by atoms with Crippen molar-refractivity contribution >= 4 is 17.7 Å². The molecule has 2 rings (SSSR count). The summed E-state index contributed by atoms with van der Waals surface area (Å²) in [6.45, 7) is 2.55. The fourth-order valence-electron chi connectivity index (χ4n) is 2.06. The number of aryl methyl sites for hydroxylation is 1. The molecule has 0 saturated carbocycles. The molecule has 1 heterocycles. The molecule has 0 bridgehead atoms. The second kappa shape index (κ2) is 6.79. The number of nitrogens with one attached hydrogen (secondary N) is 2. The van der Waals surface area contributed by atoms with Crippen LogP contribution in [-0.4, -0.2) is 31.8 Å². The van der Waals surface area contributed by atoms with Gasteiger partial charge >= 0.3 is 6.09 Å². The Hall–Kier alpha value is -2.24. The maximum atomic E-state index is 11.5. The van der Waals surface area contributed by atoms with Crippen LogP contribution in [0.15, 0.2) is 18.2 Å². The third-order valence-corrected chi connectivity index (χ3v) is 2.91. The van der Waals surface area contributed by atoms with E-state index in [-0.39, 0.29) is 13.2 Å². The van der Waals surface area contributed by atoms with Crippen molar-refractivity contribution in [1.82, 2.24) is 5.32 Å². The summed E-state index contributed by atoms with van der Waals surface area (Å²) in [5, 5.41) is 5.35. The molecule has 2 amide bonds. The van der Waals surface area contributed by atoms with Crippen LogP contribution in [0.4, 0.5) is 10.5 Å². The minimum absolute atomic E-state index is 0.218. The molecule has 6 heteroatoms. The van der Waals surface area contributed by atoms with E-state index in [9.17, 15) is 9.59 Å². The topological polar surface area (TPSA) is 76.7 Å². The second-order valence-corrected chi connectivity index (χ2v) is 4.38. The molecule has 0 spiro atoms. The smallest absolute Gasteiger partial charge is 0.413 e. The molecule has 6 nitrogen and oxygen atoms in total. The monoisotopic (exact) mass is 278 g/mol. The lowest BCUT2D eigenvalue weighted by Gasteiger charge is -2.20.